The summed E-state index contributed by atoms with van der Waals surface area (Å²) >= 11 is 0. The molecule has 2 aliphatic heterocycles. The number of carbonyl (C=O) groups is 2. The molecule has 2 saturated heterocycles. The molecule has 0 unspecified atom stereocenters. The van der Waals surface area contributed by atoms with E-state index in [9.17, 15) is 9.59 Å². The number of ether oxygens (including phenoxy) is 1. The highest BCUT2D eigenvalue weighted by Crippen LogP contribution is 2.45. The summed E-state index contributed by atoms with van der Waals surface area (Å²) in [4.78, 5) is 28.5. The molecule has 2 aromatic rings. The maximum atomic E-state index is 12.6. The van der Waals surface area contributed by atoms with Crippen LogP contribution in [0.1, 0.15) is 29.1 Å². The Labute approximate surface area is 151 Å². The van der Waals surface area contributed by atoms with Gasteiger partial charge < -0.3 is 19.1 Å². The first-order valence-electron chi connectivity index (χ1n) is 8.69. The number of likely N-dealkylation sites (tertiary alicyclic amines) is 2. The summed E-state index contributed by atoms with van der Waals surface area (Å²) in [5.41, 5.74) is 1.07. The quantitative estimate of drug-likeness (QED) is 0.841. The number of hydrogen-bond acceptors (Lipinski definition) is 5. The number of benzene rings is 1. The van der Waals surface area contributed by atoms with E-state index < -0.39 is 0 Å². The van der Waals surface area contributed by atoms with Crippen LogP contribution in [0.5, 0.6) is 5.75 Å². The zero-order valence-corrected chi connectivity index (χ0v) is 14.8. The maximum absolute atomic E-state index is 12.6. The van der Waals surface area contributed by atoms with Gasteiger partial charge in [-0.05, 0) is 17.7 Å². The van der Waals surface area contributed by atoms with E-state index >= 15 is 0 Å². The van der Waals surface area contributed by atoms with E-state index in [1.807, 2.05) is 34.1 Å². The second kappa shape index (κ2) is 6.48. The fraction of sp³-hybridized carbons (Fsp3) is 0.421. The van der Waals surface area contributed by atoms with Crippen LogP contribution in [-0.2, 0) is 4.79 Å². The van der Waals surface area contributed by atoms with Crippen LogP contribution in [0.15, 0.2) is 41.1 Å². The second-order valence-corrected chi connectivity index (χ2v) is 6.90. The van der Waals surface area contributed by atoms with E-state index in [1.165, 1.54) is 6.20 Å². The molecule has 3 atom stereocenters. The van der Waals surface area contributed by atoms with Gasteiger partial charge in [0, 0.05) is 44.5 Å². The largest absolute Gasteiger partial charge is 0.497 e. The number of amides is 2. The van der Waals surface area contributed by atoms with Gasteiger partial charge in [-0.3, -0.25) is 9.59 Å². The maximum Gasteiger partial charge on any atom is 0.292 e. The molecule has 1 aromatic heterocycles. The first kappa shape index (κ1) is 16.6. The highest BCUT2D eigenvalue weighted by Gasteiger charge is 2.49. The van der Waals surface area contributed by atoms with E-state index in [1.54, 1.807) is 20.1 Å². The number of methoxy groups -OCH3 is 1. The third-order valence-electron chi connectivity index (χ3n) is 5.46. The molecule has 26 heavy (non-hydrogen) atoms. The average molecular weight is 355 g/mol. The average Bonchev–Trinajstić information content (AvgIpc) is 3.36. The molecule has 7 nitrogen and oxygen atoms in total. The van der Waals surface area contributed by atoms with Gasteiger partial charge in [0.15, 0.2) is 0 Å². The smallest absolute Gasteiger partial charge is 0.292 e. The Morgan fingerprint density at radius 3 is 2.54 bits per heavy atom. The lowest BCUT2D eigenvalue weighted by atomic mass is 9.89. The summed E-state index contributed by atoms with van der Waals surface area (Å²) in [5, 5.41) is 3.61. The molecule has 7 heteroatoms. The van der Waals surface area contributed by atoms with Crippen molar-refractivity contribution in [1.82, 2.24) is 15.0 Å². The van der Waals surface area contributed by atoms with Crippen molar-refractivity contribution in [2.75, 3.05) is 26.7 Å². The number of hydrogen-bond donors (Lipinski definition) is 0. The fourth-order valence-corrected chi connectivity index (χ4v) is 4.25. The van der Waals surface area contributed by atoms with Crippen LogP contribution in [0.3, 0.4) is 0 Å². The lowest BCUT2D eigenvalue weighted by Crippen LogP contribution is -2.36. The summed E-state index contributed by atoms with van der Waals surface area (Å²) in [6, 6.07) is 9.38. The van der Waals surface area contributed by atoms with E-state index in [4.69, 9.17) is 9.26 Å². The minimum absolute atomic E-state index is 0.0315. The van der Waals surface area contributed by atoms with Gasteiger partial charge in [0.25, 0.3) is 5.91 Å². The first-order chi connectivity index (χ1) is 12.6. The molecule has 136 valence electrons. The summed E-state index contributed by atoms with van der Waals surface area (Å²) in [6.45, 7) is 3.50. The van der Waals surface area contributed by atoms with E-state index in [-0.39, 0.29) is 35.5 Å². The Kier molecular flexibility index (Phi) is 4.14. The molecule has 4 rings (SSSR count). The highest BCUT2D eigenvalue weighted by molar-refractivity contribution is 5.91. The summed E-state index contributed by atoms with van der Waals surface area (Å²) < 4.78 is 10.2. The second-order valence-electron chi connectivity index (χ2n) is 6.90. The minimum atomic E-state index is -0.139. The number of carbonyl (C=O) groups excluding carboxylic acids is 2. The number of rotatable bonds is 3. The van der Waals surface area contributed by atoms with Crippen LogP contribution >= 0.6 is 0 Å². The summed E-state index contributed by atoms with van der Waals surface area (Å²) in [7, 11) is 1.63. The molecule has 2 aliphatic rings. The predicted molar refractivity (Wildman–Crippen MR) is 92.5 cm³/mol. The fourth-order valence-electron chi connectivity index (χ4n) is 4.25. The van der Waals surface area contributed by atoms with Crippen LogP contribution in [0.4, 0.5) is 0 Å². The van der Waals surface area contributed by atoms with Crippen molar-refractivity contribution in [2.24, 2.45) is 11.8 Å². The molecule has 0 aliphatic carbocycles. The molecule has 0 spiro atoms. The molecule has 0 radical (unpaired) electrons. The van der Waals surface area contributed by atoms with Crippen LogP contribution in [0, 0.1) is 11.8 Å². The lowest BCUT2D eigenvalue weighted by molar-refractivity contribution is -0.130. The Morgan fingerprint density at radius 1 is 1.15 bits per heavy atom. The SMILES string of the molecule is COc1ccc([C@H]2[C@@H]3CN(C(=O)c4ccno4)C[C@@H]3CN2C(C)=O)cc1. The van der Waals surface area contributed by atoms with E-state index in [0.29, 0.717) is 19.6 Å². The molecule has 1 aromatic carbocycles. The number of fused-ring (bicyclic) bond motifs is 1. The predicted octanol–water partition coefficient (Wildman–Crippen LogP) is 1.97. The zero-order valence-electron chi connectivity index (χ0n) is 14.8. The highest BCUT2D eigenvalue weighted by atomic mass is 16.5. The molecule has 2 fully saturated rings. The minimum Gasteiger partial charge on any atom is -0.497 e. The van der Waals surface area contributed by atoms with Gasteiger partial charge in [-0.2, -0.15) is 0 Å². The Hall–Kier alpha value is -2.83. The van der Waals surface area contributed by atoms with Crippen molar-refractivity contribution in [2.45, 2.75) is 13.0 Å². The van der Waals surface area contributed by atoms with Gasteiger partial charge in [-0.1, -0.05) is 17.3 Å². The van der Waals surface area contributed by atoms with Gasteiger partial charge in [-0.15, -0.1) is 0 Å². The Balaban J connectivity index is 1.59. The van der Waals surface area contributed by atoms with Crippen molar-refractivity contribution >= 4 is 11.8 Å². The lowest BCUT2D eigenvalue weighted by Gasteiger charge is -2.29. The van der Waals surface area contributed by atoms with Crippen LogP contribution in [0.25, 0.3) is 0 Å². The van der Waals surface area contributed by atoms with Crippen LogP contribution in [-0.4, -0.2) is 53.5 Å². The number of nitrogens with zero attached hydrogens (tertiary/aromatic N) is 3. The monoisotopic (exact) mass is 355 g/mol. The third-order valence-corrected chi connectivity index (χ3v) is 5.46. The van der Waals surface area contributed by atoms with Gasteiger partial charge >= 0.3 is 0 Å². The molecule has 0 N–H and O–H groups in total. The molecular weight excluding hydrogens is 334 g/mol. The zero-order chi connectivity index (χ0) is 18.3. The van der Waals surface area contributed by atoms with Gasteiger partial charge in [0.2, 0.25) is 11.7 Å². The molecule has 2 amide bonds. The van der Waals surface area contributed by atoms with Crippen LogP contribution in [0.2, 0.25) is 0 Å². The standard InChI is InChI=1S/C19H21N3O4/c1-12(23)22-10-14-9-21(19(24)17-7-8-20-26-17)11-16(14)18(22)13-3-5-15(25-2)6-4-13/h3-8,14,16,18H,9-11H2,1-2H3/t14-,16-,18+/m1/s1. The van der Waals surface area contributed by atoms with Gasteiger partial charge in [0.05, 0.1) is 19.3 Å². The van der Waals surface area contributed by atoms with E-state index in [0.717, 1.165) is 11.3 Å². The van der Waals surface area contributed by atoms with Crippen molar-refractivity contribution in [3.8, 4) is 5.75 Å². The Bertz CT molecular complexity index is 803. The van der Waals surface area contributed by atoms with Crippen molar-refractivity contribution in [3.63, 3.8) is 0 Å². The summed E-state index contributed by atoms with van der Waals surface area (Å²) in [5.74, 6) is 1.44. The first-order valence-corrected chi connectivity index (χ1v) is 8.69. The number of aromatic nitrogens is 1. The van der Waals surface area contributed by atoms with Crippen molar-refractivity contribution in [1.29, 1.82) is 0 Å². The molecule has 0 saturated carbocycles. The van der Waals surface area contributed by atoms with Crippen molar-refractivity contribution < 1.29 is 18.8 Å². The van der Waals surface area contributed by atoms with Gasteiger partial charge in [-0.25, -0.2) is 0 Å². The molecular formula is C19H21N3O4. The normalized spacial score (nSPS) is 24.6. The third kappa shape index (κ3) is 2.73. The van der Waals surface area contributed by atoms with E-state index in [2.05, 4.69) is 5.16 Å². The molecule has 0 bridgehead atoms. The molecule has 3 heterocycles. The Morgan fingerprint density at radius 2 is 1.92 bits per heavy atom. The van der Waals surface area contributed by atoms with Gasteiger partial charge in [0.1, 0.15) is 5.75 Å². The summed E-state index contributed by atoms with van der Waals surface area (Å²) in [6.07, 6.45) is 1.47. The van der Waals surface area contributed by atoms with Crippen LogP contribution < -0.4 is 4.74 Å². The topological polar surface area (TPSA) is 75.9 Å². The van der Waals surface area contributed by atoms with Crippen molar-refractivity contribution in [3.05, 3.63) is 47.9 Å².